The second-order valence-corrected chi connectivity index (χ2v) is 8.56. The Morgan fingerprint density at radius 3 is 2.71 bits per heavy atom. The molecular formula is C19H22N4O4S. The zero-order chi connectivity index (χ0) is 19.7. The average molecular weight is 402 g/mol. The van der Waals surface area contributed by atoms with Crippen LogP contribution in [0, 0.1) is 0 Å². The van der Waals surface area contributed by atoms with E-state index in [4.69, 9.17) is 9.88 Å². The van der Waals surface area contributed by atoms with Crippen LogP contribution >= 0.6 is 0 Å². The number of nitrogens with one attached hydrogen (secondary N) is 3. The fraction of sp³-hybridized carbons (Fsp3) is 0.316. The Morgan fingerprint density at radius 2 is 1.96 bits per heavy atom. The zero-order valence-electron chi connectivity index (χ0n) is 15.1. The molecule has 2 unspecified atom stereocenters. The summed E-state index contributed by atoms with van der Waals surface area (Å²) in [7, 11) is -3.71. The number of primary sulfonamides is 1. The molecule has 2 atom stereocenters. The number of benzene rings is 2. The number of sulfonamides is 1. The fourth-order valence-electron chi connectivity index (χ4n) is 3.48. The van der Waals surface area contributed by atoms with Crippen molar-refractivity contribution >= 4 is 15.9 Å². The Balaban J connectivity index is 1.32. The lowest BCUT2D eigenvalue weighted by molar-refractivity contribution is -0.123. The van der Waals surface area contributed by atoms with E-state index < -0.39 is 10.0 Å². The van der Waals surface area contributed by atoms with Crippen molar-refractivity contribution in [1.82, 2.24) is 16.2 Å². The molecular weight excluding hydrogens is 380 g/mol. The molecule has 2 aliphatic heterocycles. The molecule has 2 aromatic carbocycles. The highest BCUT2D eigenvalue weighted by Gasteiger charge is 2.30. The first-order valence-electron chi connectivity index (χ1n) is 9.06. The molecule has 2 aliphatic rings. The largest absolute Gasteiger partial charge is 0.493 e. The summed E-state index contributed by atoms with van der Waals surface area (Å²) in [5, 5.41) is 7.95. The molecule has 2 aromatic rings. The van der Waals surface area contributed by atoms with E-state index >= 15 is 0 Å². The summed E-state index contributed by atoms with van der Waals surface area (Å²) in [6.07, 6.45) is 1.55. The first-order chi connectivity index (χ1) is 13.4. The van der Waals surface area contributed by atoms with Crippen molar-refractivity contribution in [2.75, 3.05) is 6.61 Å². The number of carbonyl (C=O) groups excluding carboxylic acids is 1. The minimum absolute atomic E-state index is 0.0480. The highest BCUT2D eigenvalue weighted by molar-refractivity contribution is 7.89. The molecule has 0 radical (unpaired) electrons. The lowest BCUT2D eigenvalue weighted by Crippen LogP contribution is -2.42. The number of amides is 1. The summed E-state index contributed by atoms with van der Waals surface area (Å²) in [6.45, 7) is 1.03. The number of rotatable bonds is 5. The minimum Gasteiger partial charge on any atom is -0.493 e. The van der Waals surface area contributed by atoms with Gasteiger partial charge in [0.15, 0.2) is 0 Å². The lowest BCUT2D eigenvalue weighted by atomic mass is 9.99. The van der Waals surface area contributed by atoms with Crippen LogP contribution in [0.5, 0.6) is 5.75 Å². The van der Waals surface area contributed by atoms with Gasteiger partial charge in [-0.3, -0.25) is 4.79 Å². The van der Waals surface area contributed by atoms with Crippen LogP contribution in [0.4, 0.5) is 0 Å². The highest BCUT2D eigenvalue weighted by Crippen LogP contribution is 2.30. The van der Waals surface area contributed by atoms with Crippen LogP contribution in [0.1, 0.15) is 29.2 Å². The van der Waals surface area contributed by atoms with Gasteiger partial charge in [0.2, 0.25) is 15.9 Å². The quantitative estimate of drug-likeness (QED) is 0.577. The molecule has 2 heterocycles. The van der Waals surface area contributed by atoms with E-state index in [0.29, 0.717) is 13.0 Å². The molecule has 8 nitrogen and oxygen atoms in total. The summed E-state index contributed by atoms with van der Waals surface area (Å²) in [4.78, 5) is 12.5. The Morgan fingerprint density at radius 1 is 1.18 bits per heavy atom. The van der Waals surface area contributed by atoms with Crippen LogP contribution in [0.3, 0.4) is 0 Å². The highest BCUT2D eigenvalue weighted by atomic mass is 32.2. The number of nitrogens with two attached hydrogens (primary N) is 1. The smallest absolute Gasteiger partial charge is 0.238 e. The van der Waals surface area contributed by atoms with Crippen molar-refractivity contribution in [2.45, 2.75) is 36.4 Å². The predicted molar refractivity (Wildman–Crippen MR) is 103 cm³/mol. The Bertz CT molecular complexity index is 991. The van der Waals surface area contributed by atoms with Gasteiger partial charge < -0.3 is 10.1 Å². The molecule has 1 fully saturated rings. The third-order valence-electron chi connectivity index (χ3n) is 5.05. The van der Waals surface area contributed by atoms with Crippen LogP contribution in [-0.2, 0) is 27.8 Å². The molecule has 9 heteroatoms. The monoisotopic (exact) mass is 402 g/mol. The van der Waals surface area contributed by atoms with E-state index in [9.17, 15) is 13.2 Å². The fourth-order valence-corrected chi connectivity index (χ4v) is 3.99. The Hall–Kier alpha value is -2.46. The van der Waals surface area contributed by atoms with Crippen molar-refractivity contribution in [3.63, 3.8) is 0 Å². The molecule has 5 N–H and O–H groups in total. The van der Waals surface area contributed by atoms with Gasteiger partial charge >= 0.3 is 0 Å². The maximum atomic E-state index is 12.5. The molecule has 1 saturated heterocycles. The summed E-state index contributed by atoms with van der Waals surface area (Å²) >= 11 is 0. The van der Waals surface area contributed by atoms with Gasteiger partial charge in [-0.15, -0.1) is 0 Å². The standard InChI is InChI=1S/C19H22N4O4S/c20-28(25,26)15-4-1-12(2-5-15)11-21-19(24)17-10-16(22-23-17)13-3-6-18-14(9-13)7-8-27-18/h1-6,9,16-17,22-23H,7-8,10-11H2,(H,21,24)(H2,20,25,26). The SMILES string of the molecule is NS(=O)(=O)c1ccc(CNC(=O)C2CC(c3ccc4c(c3)CCO4)NN2)cc1. The predicted octanol–water partition coefficient (Wildman–Crippen LogP) is 0.493. The Kier molecular flexibility index (Phi) is 5.07. The number of hydrazine groups is 1. The molecule has 0 spiro atoms. The van der Waals surface area contributed by atoms with Crippen molar-refractivity contribution in [3.8, 4) is 5.75 Å². The topological polar surface area (TPSA) is 123 Å². The number of hydrogen-bond donors (Lipinski definition) is 4. The van der Waals surface area contributed by atoms with Gasteiger partial charge in [-0.2, -0.15) is 0 Å². The third-order valence-corrected chi connectivity index (χ3v) is 5.98. The molecule has 28 heavy (non-hydrogen) atoms. The molecule has 4 rings (SSSR count). The maximum Gasteiger partial charge on any atom is 0.238 e. The number of carbonyl (C=O) groups is 1. The van der Waals surface area contributed by atoms with Gasteiger partial charge in [0.25, 0.3) is 0 Å². The van der Waals surface area contributed by atoms with E-state index in [2.05, 4.69) is 22.2 Å². The summed E-state index contributed by atoms with van der Waals surface area (Å²) < 4.78 is 28.1. The first kappa shape index (κ1) is 18.9. The van der Waals surface area contributed by atoms with Gasteiger partial charge in [0, 0.05) is 19.0 Å². The first-order valence-corrected chi connectivity index (χ1v) is 10.6. The van der Waals surface area contributed by atoms with E-state index in [-0.39, 0.29) is 22.9 Å². The maximum absolute atomic E-state index is 12.5. The molecule has 0 saturated carbocycles. The van der Waals surface area contributed by atoms with Crippen LogP contribution in [0.15, 0.2) is 47.4 Å². The lowest BCUT2D eigenvalue weighted by Gasteiger charge is -2.12. The molecule has 1 amide bonds. The minimum atomic E-state index is -3.71. The van der Waals surface area contributed by atoms with Gasteiger partial charge in [-0.25, -0.2) is 24.4 Å². The van der Waals surface area contributed by atoms with Gasteiger partial charge in [0.1, 0.15) is 11.8 Å². The number of hydrogen-bond acceptors (Lipinski definition) is 6. The van der Waals surface area contributed by atoms with Gasteiger partial charge in [-0.05, 0) is 41.3 Å². The van der Waals surface area contributed by atoms with Crippen LogP contribution < -0.4 is 26.0 Å². The van der Waals surface area contributed by atoms with Crippen molar-refractivity contribution in [2.24, 2.45) is 5.14 Å². The summed E-state index contributed by atoms with van der Waals surface area (Å²) in [6, 6.07) is 12.0. The summed E-state index contributed by atoms with van der Waals surface area (Å²) in [5.41, 5.74) is 9.36. The Labute approximate surface area is 163 Å². The average Bonchev–Trinajstić information content (AvgIpc) is 3.34. The molecule has 0 aromatic heterocycles. The second-order valence-electron chi connectivity index (χ2n) is 7.00. The molecule has 0 bridgehead atoms. The molecule has 148 valence electrons. The van der Waals surface area contributed by atoms with Crippen molar-refractivity contribution in [1.29, 1.82) is 0 Å². The van der Waals surface area contributed by atoms with Crippen molar-refractivity contribution in [3.05, 3.63) is 59.2 Å². The van der Waals surface area contributed by atoms with Crippen molar-refractivity contribution < 1.29 is 17.9 Å². The second kappa shape index (κ2) is 7.51. The normalized spacial score (nSPS) is 21.2. The van der Waals surface area contributed by atoms with Crippen LogP contribution in [-0.4, -0.2) is 27.0 Å². The number of ether oxygens (including phenoxy) is 1. The molecule has 0 aliphatic carbocycles. The van der Waals surface area contributed by atoms with E-state index in [1.54, 1.807) is 12.1 Å². The van der Waals surface area contributed by atoms with E-state index in [0.717, 1.165) is 29.9 Å². The van der Waals surface area contributed by atoms with Crippen LogP contribution in [0.25, 0.3) is 0 Å². The zero-order valence-corrected chi connectivity index (χ0v) is 16.0. The van der Waals surface area contributed by atoms with Gasteiger partial charge in [-0.1, -0.05) is 24.3 Å². The van der Waals surface area contributed by atoms with E-state index in [1.807, 2.05) is 12.1 Å². The summed E-state index contributed by atoms with van der Waals surface area (Å²) in [5.74, 6) is 0.826. The van der Waals surface area contributed by atoms with Crippen LogP contribution in [0.2, 0.25) is 0 Å². The van der Waals surface area contributed by atoms with E-state index in [1.165, 1.54) is 17.7 Å². The number of fused-ring (bicyclic) bond motifs is 1. The van der Waals surface area contributed by atoms with Gasteiger partial charge in [0.05, 0.1) is 11.5 Å². The third kappa shape index (κ3) is 4.02.